The van der Waals surface area contributed by atoms with E-state index in [-0.39, 0.29) is 5.97 Å². The lowest BCUT2D eigenvalue weighted by Crippen LogP contribution is -2.27. The average molecular weight is 262 g/mol. The van der Waals surface area contributed by atoms with Gasteiger partial charge in [-0.05, 0) is 12.1 Å². The van der Waals surface area contributed by atoms with Gasteiger partial charge in [-0.15, -0.1) is 5.10 Å². The normalized spacial score (nSPS) is 19.9. The van der Waals surface area contributed by atoms with Crippen LogP contribution >= 0.6 is 0 Å². The van der Waals surface area contributed by atoms with Crippen LogP contribution in [0.15, 0.2) is 24.3 Å². The molecule has 0 amide bonds. The van der Waals surface area contributed by atoms with Crippen LogP contribution in [0.5, 0.6) is 0 Å². The Labute approximate surface area is 109 Å². The fraction of sp³-hybridized carbons (Fsp3) is 0.417. The molecule has 0 bridgehead atoms. The Morgan fingerprint density at radius 3 is 3.21 bits per heavy atom. The van der Waals surface area contributed by atoms with E-state index >= 15 is 0 Å². The number of hydrogen-bond donors (Lipinski definition) is 0. The second-order valence-electron chi connectivity index (χ2n) is 4.33. The molecule has 1 aliphatic heterocycles. The van der Waals surface area contributed by atoms with Crippen LogP contribution in [0.3, 0.4) is 0 Å². The number of hydroxylamine groups is 2. The Morgan fingerprint density at radius 1 is 1.53 bits per heavy atom. The molecular weight excluding hydrogens is 248 g/mol. The maximum absolute atomic E-state index is 11.4. The van der Waals surface area contributed by atoms with Crippen LogP contribution in [0.1, 0.15) is 6.42 Å². The number of carbonyl (C=O) groups is 1. The summed E-state index contributed by atoms with van der Waals surface area (Å²) in [6.07, 6.45) is 0.110. The highest BCUT2D eigenvalue weighted by Crippen LogP contribution is 2.17. The molecule has 19 heavy (non-hydrogen) atoms. The molecule has 2 heterocycles. The number of para-hydroxylation sites is 1. The topological polar surface area (TPSA) is 69.5 Å². The summed E-state index contributed by atoms with van der Waals surface area (Å²) in [7, 11) is 1.36. The third-order valence-corrected chi connectivity index (χ3v) is 3.09. The lowest BCUT2D eigenvalue weighted by atomic mass is 10.3. The molecular formula is C12H14N4O3. The van der Waals surface area contributed by atoms with E-state index in [0.717, 1.165) is 11.0 Å². The minimum atomic E-state index is -0.514. The van der Waals surface area contributed by atoms with Crippen LogP contribution in [-0.2, 0) is 21.0 Å². The molecule has 1 saturated heterocycles. The third-order valence-electron chi connectivity index (χ3n) is 3.09. The Bertz CT molecular complexity index is 597. The molecule has 0 radical (unpaired) electrons. The number of aromatic nitrogens is 3. The molecule has 0 aliphatic carbocycles. The number of ether oxygens (including phenoxy) is 1. The quantitative estimate of drug-likeness (QED) is 0.753. The molecule has 1 aliphatic rings. The fourth-order valence-corrected chi connectivity index (χ4v) is 2.11. The molecule has 2 aromatic rings. The zero-order valence-electron chi connectivity index (χ0n) is 10.5. The van der Waals surface area contributed by atoms with Crippen molar-refractivity contribution < 1.29 is 14.4 Å². The first-order chi connectivity index (χ1) is 9.28. The highest BCUT2D eigenvalue weighted by Gasteiger charge is 2.30. The number of esters is 1. The second kappa shape index (κ2) is 4.94. The van der Waals surface area contributed by atoms with Gasteiger partial charge in [0.05, 0.1) is 12.6 Å². The highest BCUT2D eigenvalue weighted by molar-refractivity contribution is 5.75. The standard InChI is InChI=1S/C12H14N4O3/c1-18-12(17)11-6-7-15(19-11)8-16-10-5-3-2-4-9(10)13-14-16/h2-5,11H,6-8H2,1H3/t11-/m1/s1. The van der Waals surface area contributed by atoms with Gasteiger partial charge in [-0.2, -0.15) is 5.06 Å². The molecule has 0 saturated carbocycles. The summed E-state index contributed by atoms with van der Waals surface area (Å²) in [5, 5.41) is 9.84. The van der Waals surface area contributed by atoms with E-state index in [1.165, 1.54) is 7.11 Å². The summed E-state index contributed by atoms with van der Waals surface area (Å²) in [5.41, 5.74) is 1.78. The average Bonchev–Trinajstić information content (AvgIpc) is 3.06. The van der Waals surface area contributed by atoms with Crippen molar-refractivity contribution in [2.24, 2.45) is 0 Å². The van der Waals surface area contributed by atoms with E-state index in [1.54, 1.807) is 9.75 Å². The van der Waals surface area contributed by atoms with E-state index in [0.29, 0.717) is 19.6 Å². The van der Waals surface area contributed by atoms with Gasteiger partial charge in [0.15, 0.2) is 6.10 Å². The van der Waals surface area contributed by atoms with Crippen molar-refractivity contribution >= 4 is 17.0 Å². The van der Waals surface area contributed by atoms with Gasteiger partial charge < -0.3 is 4.74 Å². The van der Waals surface area contributed by atoms with Gasteiger partial charge in [-0.1, -0.05) is 17.3 Å². The van der Waals surface area contributed by atoms with Gasteiger partial charge in [-0.25, -0.2) is 9.48 Å². The minimum Gasteiger partial charge on any atom is -0.467 e. The summed E-state index contributed by atoms with van der Waals surface area (Å²) >= 11 is 0. The first-order valence-electron chi connectivity index (χ1n) is 6.05. The fourth-order valence-electron chi connectivity index (χ4n) is 2.11. The van der Waals surface area contributed by atoms with Crippen molar-refractivity contribution in [2.45, 2.75) is 19.2 Å². The van der Waals surface area contributed by atoms with Crippen molar-refractivity contribution in [3.63, 3.8) is 0 Å². The number of nitrogens with zero attached hydrogens (tertiary/aromatic N) is 4. The second-order valence-corrected chi connectivity index (χ2v) is 4.33. The van der Waals surface area contributed by atoms with Gasteiger partial charge in [-0.3, -0.25) is 4.84 Å². The van der Waals surface area contributed by atoms with Gasteiger partial charge >= 0.3 is 5.97 Å². The molecule has 1 aromatic heterocycles. The lowest BCUT2D eigenvalue weighted by Gasteiger charge is -2.15. The van der Waals surface area contributed by atoms with Crippen LogP contribution in [0.2, 0.25) is 0 Å². The molecule has 7 nitrogen and oxygen atoms in total. The van der Waals surface area contributed by atoms with Crippen molar-refractivity contribution in [1.29, 1.82) is 0 Å². The smallest absolute Gasteiger partial charge is 0.337 e. The lowest BCUT2D eigenvalue weighted by molar-refractivity contribution is -0.189. The largest absolute Gasteiger partial charge is 0.467 e. The predicted octanol–water partition coefficient (Wildman–Crippen LogP) is 0.568. The van der Waals surface area contributed by atoms with Crippen LogP contribution < -0.4 is 0 Å². The molecule has 0 unspecified atom stereocenters. The summed E-state index contributed by atoms with van der Waals surface area (Å²) < 4.78 is 6.41. The van der Waals surface area contributed by atoms with Gasteiger partial charge in [0.2, 0.25) is 0 Å². The molecule has 7 heteroatoms. The summed E-state index contributed by atoms with van der Waals surface area (Å²) in [5.74, 6) is -0.342. The summed E-state index contributed by atoms with van der Waals surface area (Å²) in [6.45, 7) is 1.10. The first kappa shape index (κ1) is 12.1. The van der Waals surface area contributed by atoms with Gasteiger partial charge in [0.1, 0.15) is 12.2 Å². The van der Waals surface area contributed by atoms with E-state index in [1.807, 2.05) is 24.3 Å². The predicted molar refractivity (Wildman–Crippen MR) is 65.7 cm³/mol. The van der Waals surface area contributed by atoms with Crippen molar-refractivity contribution in [2.75, 3.05) is 13.7 Å². The van der Waals surface area contributed by atoms with Crippen LogP contribution in [0.25, 0.3) is 11.0 Å². The van der Waals surface area contributed by atoms with Crippen molar-refractivity contribution in [3.8, 4) is 0 Å². The zero-order valence-corrected chi connectivity index (χ0v) is 10.5. The molecule has 1 atom stereocenters. The summed E-state index contributed by atoms with van der Waals surface area (Å²) in [6, 6.07) is 7.70. The number of benzene rings is 1. The van der Waals surface area contributed by atoms with E-state index in [2.05, 4.69) is 15.0 Å². The van der Waals surface area contributed by atoms with Crippen molar-refractivity contribution in [1.82, 2.24) is 20.1 Å². The molecule has 0 spiro atoms. The Balaban J connectivity index is 1.71. The monoisotopic (exact) mass is 262 g/mol. The van der Waals surface area contributed by atoms with Crippen LogP contribution in [0, 0.1) is 0 Å². The number of carbonyl (C=O) groups excluding carboxylic acids is 1. The van der Waals surface area contributed by atoms with Gasteiger partial charge in [0.25, 0.3) is 0 Å². The number of fused-ring (bicyclic) bond motifs is 1. The van der Waals surface area contributed by atoms with Gasteiger partial charge in [0, 0.05) is 13.0 Å². The maximum atomic E-state index is 11.4. The molecule has 3 rings (SSSR count). The van der Waals surface area contributed by atoms with E-state index in [4.69, 9.17) is 4.84 Å². The molecule has 0 N–H and O–H groups in total. The summed E-state index contributed by atoms with van der Waals surface area (Å²) in [4.78, 5) is 16.9. The van der Waals surface area contributed by atoms with E-state index in [9.17, 15) is 4.79 Å². The number of rotatable bonds is 3. The zero-order chi connectivity index (χ0) is 13.2. The van der Waals surface area contributed by atoms with Crippen molar-refractivity contribution in [3.05, 3.63) is 24.3 Å². The SMILES string of the molecule is COC(=O)[C@H]1CCN(Cn2nnc3ccccc32)O1. The van der Waals surface area contributed by atoms with Crippen LogP contribution in [0.4, 0.5) is 0 Å². The Kier molecular flexibility index (Phi) is 3.14. The molecule has 1 aromatic carbocycles. The van der Waals surface area contributed by atoms with E-state index < -0.39 is 6.10 Å². The number of methoxy groups -OCH3 is 1. The number of hydrogen-bond acceptors (Lipinski definition) is 6. The highest BCUT2D eigenvalue weighted by atomic mass is 16.7. The molecule has 1 fully saturated rings. The first-order valence-corrected chi connectivity index (χ1v) is 6.05. The Morgan fingerprint density at radius 2 is 2.37 bits per heavy atom. The molecule has 100 valence electrons. The Hall–Kier alpha value is -1.99. The van der Waals surface area contributed by atoms with Crippen LogP contribution in [-0.4, -0.2) is 45.8 Å². The third kappa shape index (κ3) is 2.29. The minimum absolute atomic E-state index is 0.342. The maximum Gasteiger partial charge on any atom is 0.337 e.